The quantitative estimate of drug-likeness (QED) is 0.328. The summed E-state index contributed by atoms with van der Waals surface area (Å²) in [6.45, 7) is 1.17. The Kier molecular flexibility index (Phi) is 6.71. The van der Waals surface area contributed by atoms with Crippen molar-refractivity contribution in [2.24, 2.45) is 7.05 Å². The number of carbonyl (C=O) groups is 1. The highest BCUT2D eigenvalue weighted by molar-refractivity contribution is 5.97. The van der Waals surface area contributed by atoms with E-state index < -0.39 is 17.3 Å². The molecule has 5 rings (SSSR count). The van der Waals surface area contributed by atoms with E-state index in [1.165, 1.54) is 29.8 Å². The van der Waals surface area contributed by atoms with Gasteiger partial charge in [-0.3, -0.25) is 9.69 Å². The smallest absolute Gasteiger partial charge is 0.375 e. The van der Waals surface area contributed by atoms with Crippen LogP contribution in [-0.4, -0.2) is 41.7 Å². The fraction of sp³-hybridized carbons (Fsp3) is 0.241. The maximum atomic E-state index is 13.6. The van der Waals surface area contributed by atoms with Crippen LogP contribution in [0.5, 0.6) is 0 Å². The van der Waals surface area contributed by atoms with E-state index in [4.69, 9.17) is 4.74 Å². The molecule has 3 aromatic carbocycles. The lowest BCUT2D eigenvalue weighted by Crippen LogP contribution is -2.33. The summed E-state index contributed by atoms with van der Waals surface area (Å²) < 4.78 is 48.0. The first-order valence-electron chi connectivity index (χ1n) is 12.1. The number of rotatable bonds is 6. The van der Waals surface area contributed by atoms with Gasteiger partial charge in [-0.05, 0) is 35.2 Å². The summed E-state index contributed by atoms with van der Waals surface area (Å²) in [6, 6.07) is 21.1. The molecule has 1 atom stereocenters. The van der Waals surface area contributed by atoms with Crippen LogP contribution in [0, 0.1) is 0 Å². The van der Waals surface area contributed by atoms with Crippen molar-refractivity contribution >= 4 is 22.5 Å². The van der Waals surface area contributed by atoms with Crippen LogP contribution in [0.1, 0.15) is 11.1 Å². The molecule has 2 amide bonds. The van der Waals surface area contributed by atoms with E-state index in [1.54, 1.807) is 41.1 Å². The number of aromatic nitrogens is 1. The summed E-state index contributed by atoms with van der Waals surface area (Å²) in [5.41, 5.74) is 0.423. The van der Waals surface area contributed by atoms with Crippen LogP contribution in [0.25, 0.3) is 22.0 Å². The van der Waals surface area contributed by atoms with Gasteiger partial charge in [0.05, 0.1) is 37.1 Å². The summed E-state index contributed by atoms with van der Waals surface area (Å²) in [4.78, 5) is 29.5. The fourth-order valence-electron chi connectivity index (χ4n) is 4.79. The van der Waals surface area contributed by atoms with Gasteiger partial charge in [0, 0.05) is 30.7 Å². The van der Waals surface area contributed by atoms with Crippen LogP contribution < -0.4 is 10.5 Å². The Morgan fingerprint density at radius 2 is 1.63 bits per heavy atom. The van der Waals surface area contributed by atoms with Crippen molar-refractivity contribution in [2.75, 3.05) is 25.1 Å². The zero-order valence-electron chi connectivity index (χ0n) is 20.9. The Balaban J connectivity index is 1.42. The van der Waals surface area contributed by atoms with Gasteiger partial charge in [-0.15, -0.1) is 0 Å². The van der Waals surface area contributed by atoms with E-state index in [0.29, 0.717) is 36.2 Å². The van der Waals surface area contributed by atoms with Gasteiger partial charge < -0.3 is 14.2 Å². The molecule has 0 unspecified atom stereocenters. The molecule has 0 spiro atoms. The summed E-state index contributed by atoms with van der Waals surface area (Å²) in [6.07, 6.45) is -4.56. The highest BCUT2D eigenvalue weighted by atomic mass is 19.4. The second-order valence-corrected chi connectivity index (χ2v) is 9.37. The molecule has 1 saturated heterocycles. The van der Waals surface area contributed by atoms with Crippen molar-refractivity contribution in [3.8, 4) is 11.3 Å². The molecule has 9 heteroatoms. The third kappa shape index (κ3) is 4.77. The van der Waals surface area contributed by atoms with Crippen molar-refractivity contribution in [1.82, 2.24) is 9.47 Å². The molecule has 196 valence electrons. The standard InChI is InChI=1S/C29H26F3N3O3/c1-33-22(18-38-17-19-8-4-3-5-9-19)16-35(28(33)37)21-13-12-20-14-26(34(2)27(36)24(20)15-21)23-10-6-7-11-25(23)29(30,31)32/h3-15,22H,16-18H2,1-2H3/t22-/m1/s1. The summed E-state index contributed by atoms with van der Waals surface area (Å²) in [7, 11) is 3.16. The lowest BCUT2D eigenvalue weighted by atomic mass is 10.0. The highest BCUT2D eigenvalue weighted by Crippen LogP contribution is 2.37. The minimum Gasteiger partial charge on any atom is -0.375 e. The first-order valence-corrected chi connectivity index (χ1v) is 12.1. The molecule has 0 saturated carbocycles. The molecular formula is C29H26F3N3O3. The zero-order valence-corrected chi connectivity index (χ0v) is 20.9. The minimum atomic E-state index is -4.56. The SMILES string of the molecule is CN1C(=O)N(c2ccc3cc(-c4ccccc4C(F)(F)F)n(C)c(=O)c3c2)C[C@@H]1COCc1ccccc1. The lowest BCUT2D eigenvalue weighted by Gasteiger charge is -2.18. The zero-order chi connectivity index (χ0) is 27.0. The van der Waals surface area contributed by atoms with Gasteiger partial charge in [0.1, 0.15) is 0 Å². The number of pyridine rings is 1. The Morgan fingerprint density at radius 1 is 0.921 bits per heavy atom. The van der Waals surface area contributed by atoms with Crippen LogP contribution in [-0.2, 0) is 24.6 Å². The van der Waals surface area contributed by atoms with Gasteiger partial charge in [-0.1, -0.05) is 54.6 Å². The van der Waals surface area contributed by atoms with Crippen LogP contribution in [0.15, 0.2) is 83.7 Å². The normalized spacial score (nSPS) is 16.0. The molecule has 0 N–H and O–H groups in total. The second kappa shape index (κ2) is 9.98. The summed E-state index contributed by atoms with van der Waals surface area (Å²) in [5, 5.41) is 0.809. The van der Waals surface area contributed by atoms with Crippen LogP contribution in [0.3, 0.4) is 0 Å². The molecule has 0 aliphatic carbocycles. The van der Waals surface area contributed by atoms with E-state index in [1.807, 2.05) is 30.3 Å². The minimum absolute atomic E-state index is 0.0692. The Morgan fingerprint density at radius 3 is 2.37 bits per heavy atom. The number of ether oxygens (including phenoxy) is 1. The lowest BCUT2D eigenvalue weighted by molar-refractivity contribution is -0.137. The monoisotopic (exact) mass is 521 g/mol. The molecule has 1 aromatic heterocycles. The van der Waals surface area contributed by atoms with Crippen molar-refractivity contribution in [3.63, 3.8) is 0 Å². The first kappa shape index (κ1) is 25.5. The van der Waals surface area contributed by atoms with Crippen LogP contribution >= 0.6 is 0 Å². The van der Waals surface area contributed by atoms with Crippen molar-refractivity contribution in [3.05, 3.63) is 100 Å². The number of amides is 2. The molecule has 6 nitrogen and oxygen atoms in total. The van der Waals surface area contributed by atoms with E-state index >= 15 is 0 Å². The van der Waals surface area contributed by atoms with Crippen LogP contribution in [0.2, 0.25) is 0 Å². The van der Waals surface area contributed by atoms with Gasteiger partial charge >= 0.3 is 12.2 Å². The maximum absolute atomic E-state index is 13.6. The number of benzene rings is 3. The Labute approximate surface area is 217 Å². The molecule has 0 bridgehead atoms. The van der Waals surface area contributed by atoms with Gasteiger partial charge in [0.2, 0.25) is 0 Å². The number of anilines is 1. The Hall–Kier alpha value is -4.11. The van der Waals surface area contributed by atoms with Crippen molar-refractivity contribution in [1.29, 1.82) is 0 Å². The number of alkyl halides is 3. The van der Waals surface area contributed by atoms with E-state index in [-0.39, 0.29) is 23.3 Å². The first-order chi connectivity index (χ1) is 18.1. The van der Waals surface area contributed by atoms with E-state index in [2.05, 4.69) is 0 Å². The molecule has 2 heterocycles. The summed E-state index contributed by atoms with van der Waals surface area (Å²) >= 11 is 0. The van der Waals surface area contributed by atoms with Gasteiger partial charge in [-0.2, -0.15) is 13.2 Å². The average molecular weight is 522 g/mol. The number of fused-ring (bicyclic) bond motifs is 1. The number of halogens is 3. The number of likely N-dealkylation sites (N-methyl/N-ethyl adjacent to an activating group) is 1. The molecule has 38 heavy (non-hydrogen) atoms. The molecule has 0 radical (unpaired) electrons. The predicted molar refractivity (Wildman–Crippen MR) is 140 cm³/mol. The third-order valence-electron chi connectivity index (χ3n) is 6.94. The largest absolute Gasteiger partial charge is 0.417 e. The van der Waals surface area contributed by atoms with E-state index in [0.717, 1.165) is 11.6 Å². The van der Waals surface area contributed by atoms with Gasteiger partial charge in [0.15, 0.2) is 0 Å². The number of nitrogens with zero attached hydrogens (tertiary/aromatic N) is 3. The Bertz CT molecular complexity index is 1550. The average Bonchev–Trinajstić information content (AvgIpc) is 3.19. The van der Waals surface area contributed by atoms with E-state index in [9.17, 15) is 22.8 Å². The highest BCUT2D eigenvalue weighted by Gasteiger charge is 2.36. The molecule has 4 aromatic rings. The molecule has 1 aliphatic heterocycles. The topological polar surface area (TPSA) is 54.8 Å². The van der Waals surface area contributed by atoms with Crippen molar-refractivity contribution < 1.29 is 22.7 Å². The number of hydrogen-bond acceptors (Lipinski definition) is 3. The van der Waals surface area contributed by atoms with Crippen molar-refractivity contribution in [2.45, 2.75) is 18.8 Å². The molecule has 1 aliphatic rings. The molecular weight excluding hydrogens is 495 g/mol. The van der Waals surface area contributed by atoms with Gasteiger partial charge in [-0.25, -0.2) is 4.79 Å². The van der Waals surface area contributed by atoms with Gasteiger partial charge in [0.25, 0.3) is 5.56 Å². The summed E-state index contributed by atoms with van der Waals surface area (Å²) in [5.74, 6) is 0. The number of urea groups is 1. The third-order valence-corrected chi connectivity index (χ3v) is 6.94. The number of carbonyl (C=O) groups excluding carboxylic acids is 1. The maximum Gasteiger partial charge on any atom is 0.417 e. The predicted octanol–water partition coefficient (Wildman–Crippen LogP) is 5.68. The van der Waals surface area contributed by atoms with Crippen LogP contribution in [0.4, 0.5) is 23.7 Å². The number of hydrogen-bond donors (Lipinski definition) is 0. The molecule has 1 fully saturated rings. The second-order valence-electron chi connectivity index (χ2n) is 9.37. The fourth-order valence-corrected chi connectivity index (χ4v) is 4.79.